The van der Waals surface area contributed by atoms with Crippen LogP contribution in [-0.4, -0.2) is 40.8 Å². The normalized spacial score (nSPS) is 21.8. The summed E-state index contributed by atoms with van der Waals surface area (Å²) in [5.74, 6) is 2.40. The summed E-state index contributed by atoms with van der Waals surface area (Å²) in [6.45, 7) is 7.46. The van der Waals surface area contributed by atoms with Crippen LogP contribution in [0.3, 0.4) is 0 Å². The van der Waals surface area contributed by atoms with Crippen molar-refractivity contribution in [2.24, 2.45) is 16.8 Å². The Kier molecular flexibility index (Phi) is 5.18. The molecule has 2 heterocycles. The van der Waals surface area contributed by atoms with Gasteiger partial charge in [-0.15, -0.1) is 0 Å². The molecule has 24 heavy (non-hydrogen) atoms. The van der Waals surface area contributed by atoms with Crippen LogP contribution in [-0.2, 0) is 6.54 Å². The first-order valence-corrected chi connectivity index (χ1v) is 8.71. The number of aromatic nitrogens is 2. The fourth-order valence-electron chi connectivity index (χ4n) is 3.52. The minimum absolute atomic E-state index is 0.686. The number of hydrogen-bond acceptors (Lipinski definition) is 2. The maximum absolute atomic E-state index is 4.64. The molecule has 3 rings (SSSR count). The first-order chi connectivity index (χ1) is 11.7. The van der Waals surface area contributed by atoms with E-state index in [4.69, 9.17) is 0 Å². The zero-order valence-corrected chi connectivity index (χ0v) is 14.8. The van der Waals surface area contributed by atoms with Crippen molar-refractivity contribution in [1.82, 2.24) is 20.0 Å². The Balaban J connectivity index is 1.61. The van der Waals surface area contributed by atoms with Crippen LogP contribution in [0.2, 0.25) is 0 Å². The quantitative estimate of drug-likeness (QED) is 0.697. The number of para-hydroxylation sites is 1. The van der Waals surface area contributed by atoms with Gasteiger partial charge in [0.15, 0.2) is 5.96 Å². The van der Waals surface area contributed by atoms with E-state index in [-0.39, 0.29) is 0 Å². The van der Waals surface area contributed by atoms with Gasteiger partial charge in [-0.05, 0) is 36.5 Å². The van der Waals surface area contributed by atoms with E-state index in [1.165, 1.54) is 6.42 Å². The SMILES string of the molecule is CN=C(NCc1ccn(-c2ccccc2)n1)N1CC(C)CC(C)C1. The molecule has 1 aliphatic heterocycles. The van der Waals surface area contributed by atoms with Crippen molar-refractivity contribution in [2.45, 2.75) is 26.8 Å². The van der Waals surface area contributed by atoms with Gasteiger partial charge in [0.05, 0.1) is 17.9 Å². The minimum Gasteiger partial charge on any atom is -0.351 e. The molecular weight excluding hydrogens is 298 g/mol. The fourth-order valence-corrected chi connectivity index (χ4v) is 3.52. The lowest BCUT2D eigenvalue weighted by Gasteiger charge is -2.37. The van der Waals surface area contributed by atoms with Gasteiger partial charge >= 0.3 is 0 Å². The molecular formula is C19H27N5. The van der Waals surface area contributed by atoms with Crippen LogP contribution in [0.1, 0.15) is 26.0 Å². The Bertz CT molecular complexity index is 666. The van der Waals surface area contributed by atoms with E-state index < -0.39 is 0 Å². The van der Waals surface area contributed by atoms with E-state index >= 15 is 0 Å². The van der Waals surface area contributed by atoms with Crippen LogP contribution in [0.25, 0.3) is 5.69 Å². The highest BCUT2D eigenvalue weighted by Crippen LogP contribution is 2.20. The molecule has 2 atom stereocenters. The average Bonchev–Trinajstić information content (AvgIpc) is 3.04. The maximum atomic E-state index is 4.64. The molecule has 2 aromatic rings. The van der Waals surface area contributed by atoms with Crippen LogP contribution in [0.4, 0.5) is 0 Å². The van der Waals surface area contributed by atoms with Crippen molar-refractivity contribution in [2.75, 3.05) is 20.1 Å². The third kappa shape index (κ3) is 3.96. The number of nitrogens with zero attached hydrogens (tertiary/aromatic N) is 4. The predicted molar refractivity (Wildman–Crippen MR) is 98.3 cm³/mol. The summed E-state index contributed by atoms with van der Waals surface area (Å²) < 4.78 is 1.91. The molecule has 5 heteroatoms. The molecule has 2 unspecified atom stereocenters. The smallest absolute Gasteiger partial charge is 0.193 e. The third-order valence-corrected chi connectivity index (χ3v) is 4.47. The van der Waals surface area contributed by atoms with Gasteiger partial charge in [-0.2, -0.15) is 5.10 Å². The number of hydrogen-bond donors (Lipinski definition) is 1. The van der Waals surface area contributed by atoms with Crippen LogP contribution in [0.15, 0.2) is 47.6 Å². The van der Waals surface area contributed by atoms with Crippen molar-refractivity contribution in [3.63, 3.8) is 0 Å². The Morgan fingerprint density at radius 3 is 2.54 bits per heavy atom. The summed E-state index contributed by atoms with van der Waals surface area (Å²) in [4.78, 5) is 6.83. The second-order valence-electron chi connectivity index (χ2n) is 6.84. The highest BCUT2D eigenvalue weighted by atomic mass is 15.3. The second-order valence-corrected chi connectivity index (χ2v) is 6.84. The number of likely N-dealkylation sites (tertiary alicyclic amines) is 1. The van der Waals surface area contributed by atoms with Gasteiger partial charge < -0.3 is 10.2 Å². The van der Waals surface area contributed by atoms with Crippen LogP contribution in [0.5, 0.6) is 0 Å². The van der Waals surface area contributed by atoms with Crippen molar-refractivity contribution < 1.29 is 0 Å². The number of aliphatic imine (C=N–C) groups is 1. The van der Waals surface area contributed by atoms with Crippen LogP contribution >= 0.6 is 0 Å². The molecule has 1 aliphatic rings. The molecule has 1 aromatic heterocycles. The van der Waals surface area contributed by atoms with Gasteiger partial charge in [-0.3, -0.25) is 4.99 Å². The first-order valence-electron chi connectivity index (χ1n) is 8.71. The van der Waals surface area contributed by atoms with E-state index in [1.807, 2.05) is 36.1 Å². The van der Waals surface area contributed by atoms with E-state index in [0.717, 1.165) is 30.4 Å². The number of guanidine groups is 1. The molecule has 1 N–H and O–H groups in total. The minimum atomic E-state index is 0.686. The zero-order chi connectivity index (χ0) is 16.9. The van der Waals surface area contributed by atoms with Crippen molar-refractivity contribution in [3.05, 3.63) is 48.3 Å². The maximum Gasteiger partial charge on any atom is 0.193 e. The van der Waals surface area contributed by atoms with E-state index in [9.17, 15) is 0 Å². The van der Waals surface area contributed by atoms with Gasteiger partial charge in [0.2, 0.25) is 0 Å². The molecule has 0 spiro atoms. The van der Waals surface area contributed by atoms with E-state index in [0.29, 0.717) is 18.4 Å². The monoisotopic (exact) mass is 325 g/mol. The summed E-state index contributed by atoms with van der Waals surface area (Å²) >= 11 is 0. The Labute approximate surface area is 144 Å². The molecule has 0 saturated carbocycles. The van der Waals surface area contributed by atoms with Crippen LogP contribution in [0, 0.1) is 11.8 Å². The van der Waals surface area contributed by atoms with Crippen molar-refractivity contribution in [3.8, 4) is 5.69 Å². The number of piperidine rings is 1. The molecule has 5 nitrogen and oxygen atoms in total. The Morgan fingerprint density at radius 2 is 1.88 bits per heavy atom. The highest BCUT2D eigenvalue weighted by Gasteiger charge is 2.23. The van der Waals surface area contributed by atoms with Gasteiger partial charge in [0.25, 0.3) is 0 Å². The highest BCUT2D eigenvalue weighted by molar-refractivity contribution is 5.79. The Morgan fingerprint density at radius 1 is 1.17 bits per heavy atom. The average molecular weight is 325 g/mol. The number of benzene rings is 1. The first kappa shape index (κ1) is 16.6. The van der Waals surface area contributed by atoms with E-state index in [1.54, 1.807) is 0 Å². The number of nitrogens with one attached hydrogen (secondary N) is 1. The molecule has 1 saturated heterocycles. The van der Waals surface area contributed by atoms with E-state index in [2.05, 4.69) is 52.4 Å². The zero-order valence-electron chi connectivity index (χ0n) is 14.8. The second kappa shape index (κ2) is 7.51. The predicted octanol–water partition coefficient (Wildman–Crippen LogP) is 2.93. The van der Waals surface area contributed by atoms with Crippen LogP contribution < -0.4 is 5.32 Å². The summed E-state index contributed by atoms with van der Waals surface area (Å²) in [7, 11) is 1.86. The summed E-state index contributed by atoms with van der Waals surface area (Å²) in [5.41, 5.74) is 2.09. The molecule has 0 radical (unpaired) electrons. The summed E-state index contributed by atoms with van der Waals surface area (Å²) in [6, 6.07) is 12.2. The van der Waals surface area contributed by atoms with Gasteiger partial charge in [0, 0.05) is 26.3 Å². The lowest BCUT2D eigenvalue weighted by molar-refractivity contribution is 0.208. The Hall–Kier alpha value is -2.30. The standard InChI is InChI=1S/C19H27N5/c1-15-11-16(2)14-23(13-15)19(20-3)21-12-17-9-10-24(22-17)18-7-5-4-6-8-18/h4-10,15-16H,11-14H2,1-3H3,(H,20,21). The van der Waals surface area contributed by atoms with Gasteiger partial charge in [0.1, 0.15) is 0 Å². The molecule has 0 bridgehead atoms. The molecule has 0 amide bonds. The topological polar surface area (TPSA) is 45.5 Å². The lowest BCUT2D eigenvalue weighted by Crippen LogP contribution is -2.48. The lowest BCUT2D eigenvalue weighted by atomic mass is 9.92. The number of rotatable bonds is 3. The molecule has 0 aliphatic carbocycles. The molecule has 1 fully saturated rings. The summed E-state index contributed by atoms with van der Waals surface area (Å²) in [6.07, 6.45) is 3.30. The fraction of sp³-hybridized carbons (Fsp3) is 0.474. The van der Waals surface area contributed by atoms with Crippen molar-refractivity contribution >= 4 is 5.96 Å². The molecule has 128 valence electrons. The third-order valence-electron chi connectivity index (χ3n) is 4.47. The summed E-state index contributed by atoms with van der Waals surface area (Å²) in [5, 5.41) is 8.10. The largest absolute Gasteiger partial charge is 0.351 e. The van der Waals surface area contributed by atoms with Crippen molar-refractivity contribution in [1.29, 1.82) is 0 Å². The van der Waals surface area contributed by atoms with Gasteiger partial charge in [-0.25, -0.2) is 4.68 Å². The van der Waals surface area contributed by atoms with Gasteiger partial charge in [-0.1, -0.05) is 32.0 Å². The molecule has 1 aromatic carbocycles.